The highest BCUT2D eigenvalue weighted by molar-refractivity contribution is 6.03. The third kappa shape index (κ3) is 4.64. The molecule has 1 amide bonds. The van der Waals surface area contributed by atoms with Gasteiger partial charge < -0.3 is 10.2 Å². The van der Waals surface area contributed by atoms with Gasteiger partial charge in [0.15, 0.2) is 0 Å². The summed E-state index contributed by atoms with van der Waals surface area (Å²) in [5.74, 6) is 0.482. The van der Waals surface area contributed by atoms with Gasteiger partial charge in [0, 0.05) is 25.3 Å². The second kappa shape index (κ2) is 8.06. The van der Waals surface area contributed by atoms with Crippen molar-refractivity contribution in [2.45, 2.75) is 6.42 Å². The predicted molar refractivity (Wildman–Crippen MR) is 99.8 cm³/mol. The van der Waals surface area contributed by atoms with Gasteiger partial charge in [0.05, 0.1) is 0 Å². The van der Waals surface area contributed by atoms with Crippen molar-refractivity contribution < 1.29 is 4.79 Å². The quantitative estimate of drug-likeness (QED) is 0.751. The van der Waals surface area contributed by atoms with Crippen LogP contribution in [0.15, 0.2) is 73.1 Å². The van der Waals surface area contributed by atoms with Crippen molar-refractivity contribution >= 4 is 17.4 Å². The fraction of sp³-hybridized carbons (Fsp3) is 0.150. The molecular formula is C20H20N4O. The first-order valence-electron chi connectivity index (χ1n) is 8.16. The van der Waals surface area contributed by atoms with E-state index in [4.69, 9.17) is 0 Å². The molecule has 0 saturated heterocycles. The van der Waals surface area contributed by atoms with Crippen LogP contribution in [0, 0.1) is 0 Å². The molecule has 3 rings (SSSR count). The average Bonchev–Trinajstić information content (AvgIpc) is 2.68. The molecule has 0 radical (unpaired) electrons. The number of aromatic nitrogens is 2. The van der Waals surface area contributed by atoms with E-state index in [2.05, 4.69) is 27.4 Å². The predicted octanol–water partition coefficient (Wildman–Crippen LogP) is 3.41. The van der Waals surface area contributed by atoms with E-state index in [1.165, 1.54) is 11.9 Å². The standard InChI is InChI=1S/C20H20N4O/c1-24(13-12-16-8-4-2-5-9-16)19-14-18(21-15-22-19)20(25)23-17-10-6-3-7-11-17/h2-11,14-15H,12-13H2,1H3,(H,23,25). The molecule has 0 fully saturated rings. The lowest BCUT2D eigenvalue weighted by Crippen LogP contribution is -2.22. The number of para-hydroxylation sites is 1. The van der Waals surface area contributed by atoms with Crippen LogP contribution in [-0.2, 0) is 6.42 Å². The maximum atomic E-state index is 12.3. The van der Waals surface area contributed by atoms with E-state index in [1.54, 1.807) is 6.07 Å². The number of hydrogen-bond donors (Lipinski definition) is 1. The summed E-state index contributed by atoms with van der Waals surface area (Å²) in [7, 11) is 1.96. The topological polar surface area (TPSA) is 58.1 Å². The summed E-state index contributed by atoms with van der Waals surface area (Å²) in [6, 6.07) is 21.3. The Hall–Kier alpha value is -3.21. The fourth-order valence-corrected chi connectivity index (χ4v) is 2.45. The van der Waals surface area contributed by atoms with Crippen LogP contribution < -0.4 is 10.2 Å². The number of anilines is 2. The number of carbonyl (C=O) groups is 1. The first-order chi connectivity index (χ1) is 12.2. The molecule has 1 heterocycles. The summed E-state index contributed by atoms with van der Waals surface area (Å²) in [5.41, 5.74) is 2.36. The van der Waals surface area contributed by atoms with Gasteiger partial charge in [-0.25, -0.2) is 9.97 Å². The summed E-state index contributed by atoms with van der Waals surface area (Å²) < 4.78 is 0. The van der Waals surface area contributed by atoms with E-state index in [0.29, 0.717) is 5.69 Å². The second-order valence-corrected chi connectivity index (χ2v) is 5.74. The van der Waals surface area contributed by atoms with E-state index in [1.807, 2.05) is 60.5 Å². The molecule has 0 aliphatic heterocycles. The molecule has 0 aliphatic carbocycles. The number of rotatable bonds is 6. The minimum absolute atomic E-state index is 0.244. The number of nitrogens with zero attached hydrogens (tertiary/aromatic N) is 3. The minimum atomic E-state index is -0.244. The molecule has 5 heteroatoms. The molecule has 0 atom stereocenters. The van der Waals surface area contributed by atoms with Gasteiger partial charge in [-0.05, 0) is 24.1 Å². The molecule has 1 N–H and O–H groups in total. The van der Waals surface area contributed by atoms with Gasteiger partial charge in [-0.15, -0.1) is 0 Å². The van der Waals surface area contributed by atoms with Crippen molar-refractivity contribution in [2.24, 2.45) is 0 Å². The number of hydrogen-bond acceptors (Lipinski definition) is 4. The average molecular weight is 332 g/mol. The zero-order valence-electron chi connectivity index (χ0n) is 14.1. The van der Waals surface area contributed by atoms with E-state index in [-0.39, 0.29) is 5.91 Å². The highest BCUT2D eigenvalue weighted by Crippen LogP contribution is 2.13. The van der Waals surface area contributed by atoms with Crippen LogP contribution >= 0.6 is 0 Å². The molecule has 3 aromatic rings. The van der Waals surface area contributed by atoms with E-state index in [9.17, 15) is 4.79 Å². The molecule has 5 nitrogen and oxygen atoms in total. The van der Waals surface area contributed by atoms with Crippen molar-refractivity contribution in [3.8, 4) is 0 Å². The SMILES string of the molecule is CN(CCc1ccccc1)c1cc(C(=O)Nc2ccccc2)ncn1. The Kier molecular flexibility index (Phi) is 5.36. The number of likely N-dealkylation sites (N-methyl/N-ethyl adjacent to an activating group) is 1. The number of nitrogens with one attached hydrogen (secondary N) is 1. The molecule has 126 valence electrons. The smallest absolute Gasteiger partial charge is 0.274 e. The zero-order chi connectivity index (χ0) is 17.5. The fourth-order valence-electron chi connectivity index (χ4n) is 2.45. The maximum absolute atomic E-state index is 12.3. The van der Waals surface area contributed by atoms with Gasteiger partial charge >= 0.3 is 0 Å². The molecule has 2 aromatic carbocycles. The Morgan fingerprint density at radius 2 is 1.68 bits per heavy atom. The lowest BCUT2D eigenvalue weighted by Gasteiger charge is -2.18. The highest BCUT2D eigenvalue weighted by Gasteiger charge is 2.11. The van der Waals surface area contributed by atoms with Crippen LogP contribution in [0.3, 0.4) is 0 Å². The summed E-state index contributed by atoms with van der Waals surface area (Å²) >= 11 is 0. The van der Waals surface area contributed by atoms with Crippen LogP contribution in [0.25, 0.3) is 0 Å². The molecule has 25 heavy (non-hydrogen) atoms. The summed E-state index contributed by atoms with van der Waals surface area (Å²) in [6.07, 6.45) is 2.33. The Morgan fingerprint density at radius 1 is 1.00 bits per heavy atom. The van der Waals surface area contributed by atoms with Crippen molar-refractivity contribution in [1.82, 2.24) is 9.97 Å². The summed E-state index contributed by atoms with van der Waals surface area (Å²) in [6.45, 7) is 0.806. The Morgan fingerprint density at radius 3 is 2.40 bits per heavy atom. The minimum Gasteiger partial charge on any atom is -0.359 e. The number of benzene rings is 2. The van der Waals surface area contributed by atoms with Gasteiger partial charge in [0.1, 0.15) is 17.8 Å². The van der Waals surface area contributed by atoms with Crippen LogP contribution in [0.4, 0.5) is 11.5 Å². The first-order valence-corrected chi connectivity index (χ1v) is 8.16. The van der Waals surface area contributed by atoms with Crippen LogP contribution in [0.5, 0.6) is 0 Å². The van der Waals surface area contributed by atoms with Gasteiger partial charge in [0.2, 0.25) is 0 Å². The van der Waals surface area contributed by atoms with Gasteiger partial charge in [-0.3, -0.25) is 4.79 Å². The normalized spacial score (nSPS) is 10.3. The molecule has 0 saturated carbocycles. The maximum Gasteiger partial charge on any atom is 0.274 e. The van der Waals surface area contributed by atoms with E-state index in [0.717, 1.165) is 24.5 Å². The molecule has 0 bridgehead atoms. The monoisotopic (exact) mass is 332 g/mol. The van der Waals surface area contributed by atoms with E-state index >= 15 is 0 Å². The van der Waals surface area contributed by atoms with Gasteiger partial charge in [-0.2, -0.15) is 0 Å². The molecule has 0 aliphatic rings. The molecular weight excluding hydrogens is 312 g/mol. The van der Waals surface area contributed by atoms with Crippen molar-refractivity contribution in [2.75, 3.05) is 23.8 Å². The highest BCUT2D eigenvalue weighted by atomic mass is 16.1. The van der Waals surface area contributed by atoms with Crippen LogP contribution in [0.1, 0.15) is 16.1 Å². The largest absolute Gasteiger partial charge is 0.359 e. The third-order valence-electron chi connectivity index (χ3n) is 3.89. The Labute approximate surface area is 147 Å². The Balaban J connectivity index is 1.65. The lowest BCUT2D eigenvalue weighted by molar-refractivity contribution is 0.102. The van der Waals surface area contributed by atoms with Crippen molar-refractivity contribution in [1.29, 1.82) is 0 Å². The van der Waals surface area contributed by atoms with Crippen LogP contribution in [-0.4, -0.2) is 29.5 Å². The van der Waals surface area contributed by atoms with E-state index < -0.39 is 0 Å². The number of carbonyl (C=O) groups excluding carboxylic acids is 1. The van der Waals surface area contributed by atoms with Gasteiger partial charge in [0.25, 0.3) is 5.91 Å². The molecule has 0 unspecified atom stereocenters. The third-order valence-corrected chi connectivity index (χ3v) is 3.89. The van der Waals surface area contributed by atoms with Crippen LogP contribution in [0.2, 0.25) is 0 Å². The first kappa shape index (κ1) is 16.6. The summed E-state index contributed by atoms with van der Waals surface area (Å²) in [5, 5.41) is 2.83. The summed E-state index contributed by atoms with van der Waals surface area (Å²) in [4.78, 5) is 22.7. The Bertz CT molecular complexity index is 821. The molecule has 0 spiro atoms. The number of amides is 1. The molecule has 1 aromatic heterocycles. The second-order valence-electron chi connectivity index (χ2n) is 5.74. The zero-order valence-corrected chi connectivity index (χ0v) is 14.1. The van der Waals surface area contributed by atoms with Gasteiger partial charge in [-0.1, -0.05) is 48.5 Å². The van der Waals surface area contributed by atoms with Crippen molar-refractivity contribution in [3.05, 3.63) is 84.3 Å². The van der Waals surface area contributed by atoms with Crippen molar-refractivity contribution in [3.63, 3.8) is 0 Å². The lowest BCUT2D eigenvalue weighted by atomic mass is 10.1.